The van der Waals surface area contributed by atoms with Crippen molar-refractivity contribution in [1.29, 1.82) is 0 Å². The van der Waals surface area contributed by atoms with Crippen molar-refractivity contribution in [1.82, 2.24) is 0 Å². The number of non-ortho nitro benzene ring substituents is 1. The monoisotopic (exact) mass is 240 g/mol. The van der Waals surface area contributed by atoms with E-state index in [9.17, 15) is 14.5 Å². The largest absolute Gasteiger partial charge is 0.369 e. The van der Waals surface area contributed by atoms with Crippen molar-refractivity contribution in [3.05, 3.63) is 34.1 Å². The van der Waals surface area contributed by atoms with Crippen molar-refractivity contribution >= 4 is 11.4 Å². The molecule has 94 valence electrons. The van der Waals surface area contributed by atoms with Gasteiger partial charge in [-0.25, -0.2) is 4.39 Å². The summed E-state index contributed by atoms with van der Waals surface area (Å²) in [6.07, 6.45) is 0.901. The minimum atomic E-state index is -0.573. The van der Waals surface area contributed by atoms with Crippen molar-refractivity contribution < 1.29 is 9.31 Å². The molecule has 5 heteroatoms. The van der Waals surface area contributed by atoms with E-state index in [1.807, 2.05) is 25.7 Å². The van der Waals surface area contributed by atoms with Crippen LogP contribution in [0, 0.1) is 15.9 Å². The van der Waals surface area contributed by atoms with Gasteiger partial charge in [0.25, 0.3) is 5.69 Å². The summed E-state index contributed by atoms with van der Waals surface area (Å²) in [4.78, 5) is 12.1. The Kier molecular flexibility index (Phi) is 4.43. The van der Waals surface area contributed by atoms with Gasteiger partial charge in [0.1, 0.15) is 5.82 Å². The molecule has 0 aliphatic heterocycles. The Bertz CT molecular complexity index is 409. The minimum absolute atomic E-state index is 0.207. The first-order valence-corrected chi connectivity index (χ1v) is 5.71. The zero-order valence-electron chi connectivity index (χ0n) is 10.3. The number of anilines is 1. The quantitative estimate of drug-likeness (QED) is 0.585. The summed E-state index contributed by atoms with van der Waals surface area (Å²) >= 11 is 0. The lowest BCUT2D eigenvalue weighted by Crippen LogP contribution is -2.32. The number of nitro benzene ring substituents is 1. The molecular weight excluding hydrogens is 223 g/mol. The molecule has 0 amide bonds. The van der Waals surface area contributed by atoms with E-state index in [0.717, 1.165) is 12.5 Å². The number of rotatable bonds is 5. The first-order chi connectivity index (χ1) is 7.99. The van der Waals surface area contributed by atoms with Gasteiger partial charge >= 0.3 is 0 Å². The maximum Gasteiger partial charge on any atom is 0.274 e. The van der Waals surface area contributed by atoms with Crippen molar-refractivity contribution in [2.75, 3.05) is 11.4 Å². The SMILES string of the molecule is CCC(C)N(CC)c1cc(F)cc([N+](=O)[O-])c1. The van der Waals surface area contributed by atoms with E-state index in [1.54, 1.807) is 0 Å². The fraction of sp³-hybridized carbons (Fsp3) is 0.500. The molecule has 1 unspecified atom stereocenters. The van der Waals surface area contributed by atoms with Crippen LogP contribution in [0.3, 0.4) is 0 Å². The van der Waals surface area contributed by atoms with E-state index >= 15 is 0 Å². The second-order valence-corrected chi connectivity index (χ2v) is 3.97. The molecule has 0 aliphatic carbocycles. The highest BCUT2D eigenvalue weighted by Crippen LogP contribution is 2.25. The third-order valence-electron chi connectivity index (χ3n) is 2.87. The van der Waals surface area contributed by atoms with Crippen LogP contribution in [0.5, 0.6) is 0 Å². The number of halogens is 1. The van der Waals surface area contributed by atoms with Crippen LogP contribution in [-0.2, 0) is 0 Å². The summed E-state index contributed by atoms with van der Waals surface area (Å²) in [6, 6.07) is 3.91. The first-order valence-electron chi connectivity index (χ1n) is 5.71. The lowest BCUT2D eigenvalue weighted by atomic mass is 10.1. The van der Waals surface area contributed by atoms with E-state index < -0.39 is 10.7 Å². The van der Waals surface area contributed by atoms with Gasteiger partial charge in [0.05, 0.1) is 11.0 Å². The van der Waals surface area contributed by atoms with Gasteiger partial charge in [0, 0.05) is 24.3 Å². The summed E-state index contributed by atoms with van der Waals surface area (Å²) in [6.45, 7) is 6.68. The highest BCUT2D eigenvalue weighted by molar-refractivity contribution is 5.54. The summed E-state index contributed by atoms with van der Waals surface area (Å²) in [5.41, 5.74) is 0.357. The summed E-state index contributed by atoms with van der Waals surface area (Å²) in [7, 11) is 0. The number of hydrogen-bond donors (Lipinski definition) is 0. The van der Waals surface area contributed by atoms with E-state index in [2.05, 4.69) is 0 Å². The molecule has 1 atom stereocenters. The molecule has 0 N–H and O–H groups in total. The fourth-order valence-electron chi connectivity index (χ4n) is 1.80. The molecule has 0 saturated heterocycles. The van der Waals surface area contributed by atoms with Gasteiger partial charge < -0.3 is 4.90 Å². The van der Waals surface area contributed by atoms with Crippen molar-refractivity contribution in [2.45, 2.75) is 33.2 Å². The zero-order chi connectivity index (χ0) is 13.0. The van der Waals surface area contributed by atoms with Gasteiger partial charge in [-0.2, -0.15) is 0 Å². The normalized spacial score (nSPS) is 12.2. The molecule has 17 heavy (non-hydrogen) atoms. The van der Waals surface area contributed by atoms with Crippen LogP contribution in [0.25, 0.3) is 0 Å². The number of benzene rings is 1. The van der Waals surface area contributed by atoms with E-state index in [1.165, 1.54) is 12.1 Å². The fourth-order valence-corrected chi connectivity index (χ4v) is 1.80. The topological polar surface area (TPSA) is 46.4 Å². The Hall–Kier alpha value is -1.65. The number of nitro groups is 1. The van der Waals surface area contributed by atoms with Gasteiger partial charge in [-0.15, -0.1) is 0 Å². The second kappa shape index (κ2) is 5.61. The molecule has 0 saturated carbocycles. The maximum atomic E-state index is 13.3. The van der Waals surface area contributed by atoms with Crippen LogP contribution in [0.4, 0.5) is 15.8 Å². The zero-order valence-corrected chi connectivity index (χ0v) is 10.3. The van der Waals surface area contributed by atoms with Gasteiger partial charge in [0.2, 0.25) is 0 Å². The predicted molar refractivity (Wildman–Crippen MR) is 65.8 cm³/mol. The first kappa shape index (κ1) is 13.4. The Labute approximate surface area is 100 Å². The summed E-state index contributed by atoms with van der Waals surface area (Å²) in [5.74, 6) is -0.573. The Morgan fingerprint density at radius 1 is 1.41 bits per heavy atom. The summed E-state index contributed by atoms with van der Waals surface area (Å²) in [5, 5.41) is 10.7. The average molecular weight is 240 g/mol. The molecule has 0 bridgehead atoms. The van der Waals surface area contributed by atoms with Gasteiger partial charge in [-0.05, 0) is 26.3 Å². The lowest BCUT2D eigenvalue weighted by molar-refractivity contribution is -0.385. The smallest absolute Gasteiger partial charge is 0.274 e. The highest BCUT2D eigenvalue weighted by Gasteiger charge is 2.16. The van der Waals surface area contributed by atoms with Crippen LogP contribution in [0.1, 0.15) is 27.2 Å². The van der Waals surface area contributed by atoms with Crippen molar-refractivity contribution in [3.8, 4) is 0 Å². The molecule has 0 spiro atoms. The molecule has 1 aromatic rings. The van der Waals surface area contributed by atoms with Crippen LogP contribution >= 0.6 is 0 Å². The van der Waals surface area contributed by atoms with Crippen LogP contribution in [0.15, 0.2) is 18.2 Å². The Morgan fingerprint density at radius 3 is 2.53 bits per heavy atom. The van der Waals surface area contributed by atoms with Gasteiger partial charge in [-0.1, -0.05) is 6.92 Å². The predicted octanol–water partition coefficient (Wildman–Crippen LogP) is 3.36. The van der Waals surface area contributed by atoms with Gasteiger partial charge in [-0.3, -0.25) is 10.1 Å². The van der Waals surface area contributed by atoms with E-state index in [-0.39, 0.29) is 11.7 Å². The van der Waals surface area contributed by atoms with Crippen LogP contribution in [0.2, 0.25) is 0 Å². The molecule has 1 rings (SSSR count). The van der Waals surface area contributed by atoms with Crippen LogP contribution < -0.4 is 4.90 Å². The van der Waals surface area contributed by atoms with E-state index in [0.29, 0.717) is 12.2 Å². The molecule has 0 radical (unpaired) electrons. The number of nitrogens with zero attached hydrogens (tertiary/aromatic N) is 2. The van der Waals surface area contributed by atoms with Crippen molar-refractivity contribution in [3.63, 3.8) is 0 Å². The maximum absolute atomic E-state index is 13.3. The molecule has 1 aromatic carbocycles. The van der Waals surface area contributed by atoms with Crippen molar-refractivity contribution in [2.24, 2.45) is 0 Å². The lowest BCUT2D eigenvalue weighted by Gasteiger charge is -2.29. The third kappa shape index (κ3) is 3.15. The minimum Gasteiger partial charge on any atom is -0.369 e. The standard InChI is InChI=1S/C12H17FN2O2/c1-4-9(3)14(5-2)11-6-10(13)7-12(8-11)15(16)17/h6-9H,4-5H2,1-3H3. The Balaban J connectivity index is 3.15. The molecular formula is C12H17FN2O2. The molecule has 0 aliphatic rings. The molecule has 0 aromatic heterocycles. The Morgan fingerprint density at radius 2 is 2.06 bits per heavy atom. The third-order valence-corrected chi connectivity index (χ3v) is 2.87. The molecule has 0 fully saturated rings. The summed E-state index contributed by atoms with van der Waals surface area (Å²) < 4.78 is 13.3. The number of hydrogen-bond acceptors (Lipinski definition) is 3. The van der Waals surface area contributed by atoms with Crippen LogP contribution in [-0.4, -0.2) is 17.5 Å². The van der Waals surface area contributed by atoms with Gasteiger partial charge in [0.15, 0.2) is 0 Å². The highest BCUT2D eigenvalue weighted by atomic mass is 19.1. The van der Waals surface area contributed by atoms with E-state index in [4.69, 9.17) is 0 Å². The second-order valence-electron chi connectivity index (χ2n) is 3.97. The molecule has 0 heterocycles. The molecule has 4 nitrogen and oxygen atoms in total. The average Bonchev–Trinajstić information content (AvgIpc) is 2.28.